The van der Waals surface area contributed by atoms with Gasteiger partial charge in [0.15, 0.2) is 16.9 Å². The summed E-state index contributed by atoms with van der Waals surface area (Å²) in [6.07, 6.45) is 1.53. The first-order valence-corrected chi connectivity index (χ1v) is 13.8. The van der Waals surface area contributed by atoms with Gasteiger partial charge in [0, 0.05) is 21.4 Å². The Bertz CT molecular complexity index is 1740. The van der Waals surface area contributed by atoms with Crippen LogP contribution in [0, 0.1) is 0 Å². The molecule has 5 rings (SSSR count). The fraction of sp³-hybridized carbons (Fsp3) is 0.129. The highest BCUT2D eigenvalue weighted by Gasteiger charge is 2.14. The van der Waals surface area contributed by atoms with E-state index in [4.69, 9.17) is 21.1 Å². The zero-order valence-corrected chi connectivity index (χ0v) is 23.9. The van der Waals surface area contributed by atoms with Gasteiger partial charge < -0.3 is 14.0 Å². The molecule has 0 aliphatic heterocycles. The number of hydrogen-bond acceptors (Lipinski definition) is 5. The number of ether oxygens (including phenoxy) is 2. The van der Waals surface area contributed by atoms with E-state index >= 15 is 0 Å². The highest BCUT2D eigenvalue weighted by atomic mass is 79.9. The van der Waals surface area contributed by atoms with Crippen molar-refractivity contribution in [2.24, 2.45) is 5.10 Å². The highest BCUT2D eigenvalue weighted by molar-refractivity contribution is 9.10. The Balaban J connectivity index is 1.34. The summed E-state index contributed by atoms with van der Waals surface area (Å²) >= 11 is 9.83. The SMILES string of the molecule is CCOc1cc(C=NNC(=O)Cn2c3ccccc3c(=O)c3ccccc32)cc(Br)c1OCc1ccccc1Cl. The van der Waals surface area contributed by atoms with Crippen molar-refractivity contribution in [1.82, 2.24) is 9.99 Å². The van der Waals surface area contributed by atoms with Crippen LogP contribution in [0.1, 0.15) is 18.1 Å². The minimum absolute atomic E-state index is 0.0125. The molecule has 0 atom stereocenters. The molecule has 1 heterocycles. The lowest BCUT2D eigenvalue weighted by Crippen LogP contribution is -2.25. The number of pyridine rings is 1. The summed E-state index contributed by atoms with van der Waals surface area (Å²) in [6, 6.07) is 25.6. The Morgan fingerprint density at radius 2 is 1.62 bits per heavy atom. The molecule has 0 bridgehead atoms. The monoisotopic (exact) mass is 617 g/mol. The molecule has 202 valence electrons. The second-order valence-corrected chi connectivity index (χ2v) is 10.1. The van der Waals surface area contributed by atoms with Crippen molar-refractivity contribution in [2.45, 2.75) is 20.1 Å². The smallest absolute Gasteiger partial charge is 0.260 e. The molecule has 40 heavy (non-hydrogen) atoms. The molecule has 7 nitrogen and oxygen atoms in total. The number of nitrogens with one attached hydrogen (secondary N) is 1. The Kier molecular flexibility index (Phi) is 8.48. The molecule has 0 radical (unpaired) electrons. The van der Waals surface area contributed by atoms with Crippen molar-refractivity contribution in [2.75, 3.05) is 6.61 Å². The number of halogens is 2. The van der Waals surface area contributed by atoms with E-state index in [1.54, 1.807) is 18.2 Å². The van der Waals surface area contributed by atoms with Crippen LogP contribution in [0.4, 0.5) is 0 Å². The van der Waals surface area contributed by atoms with Gasteiger partial charge in [-0.2, -0.15) is 5.10 Å². The van der Waals surface area contributed by atoms with Gasteiger partial charge in [0.25, 0.3) is 5.91 Å². The minimum atomic E-state index is -0.334. The zero-order valence-electron chi connectivity index (χ0n) is 21.6. The quantitative estimate of drug-likeness (QED) is 0.113. The normalized spacial score (nSPS) is 11.3. The topological polar surface area (TPSA) is 81.9 Å². The van der Waals surface area contributed by atoms with Gasteiger partial charge in [-0.15, -0.1) is 0 Å². The summed E-state index contributed by atoms with van der Waals surface area (Å²) in [5.41, 5.74) is 5.45. The zero-order chi connectivity index (χ0) is 28.1. The van der Waals surface area contributed by atoms with Gasteiger partial charge in [0.2, 0.25) is 0 Å². The second-order valence-electron chi connectivity index (χ2n) is 8.89. The van der Waals surface area contributed by atoms with Gasteiger partial charge in [-0.1, -0.05) is 54.1 Å². The van der Waals surface area contributed by atoms with Crippen LogP contribution in [0.15, 0.2) is 99.3 Å². The third kappa shape index (κ3) is 5.88. The van der Waals surface area contributed by atoms with Crippen LogP contribution >= 0.6 is 27.5 Å². The Hall–Kier alpha value is -4.14. The van der Waals surface area contributed by atoms with Crippen molar-refractivity contribution in [3.8, 4) is 11.5 Å². The molecule has 1 amide bonds. The van der Waals surface area contributed by atoms with Crippen LogP contribution in [0.25, 0.3) is 21.8 Å². The molecule has 0 spiro atoms. The minimum Gasteiger partial charge on any atom is -0.490 e. The number of para-hydroxylation sites is 2. The number of fused-ring (bicyclic) bond motifs is 2. The van der Waals surface area contributed by atoms with Gasteiger partial charge >= 0.3 is 0 Å². The third-order valence-corrected chi connectivity index (χ3v) is 7.20. The molecule has 0 aliphatic rings. The summed E-state index contributed by atoms with van der Waals surface area (Å²) in [5, 5.41) is 5.90. The average molecular weight is 619 g/mol. The summed E-state index contributed by atoms with van der Waals surface area (Å²) < 4.78 is 14.3. The number of hydrazone groups is 1. The van der Waals surface area contributed by atoms with Crippen molar-refractivity contribution in [3.05, 3.63) is 116 Å². The highest BCUT2D eigenvalue weighted by Crippen LogP contribution is 2.37. The third-order valence-electron chi connectivity index (χ3n) is 6.25. The molecule has 0 saturated carbocycles. The van der Waals surface area contributed by atoms with E-state index in [-0.39, 0.29) is 24.5 Å². The van der Waals surface area contributed by atoms with Crippen molar-refractivity contribution < 1.29 is 14.3 Å². The van der Waals surface area contributed by atoms with E-state index in [1.165, 1.54) is 6.21 Å². The summed E-state index contributed by atoms with van der Waals surface area (Å²) in [5.74, 6) is 0.738. The molecule has 5 aromatic rings. The Morgan fingerprint density at radius 3 is 2.30 bits per heavy atom. The van der Waals surface area contributed by atoms with E-state index in [1.807, 2.05) is 78.2 Å². The van der Waals surface area contributed by atoms with Crippen LogP contribution in [0.3, 0.4) is 0 Å². The number of carbonyl (C=O) groups is 1. The standard InChI is InChI=1S/C31H25BrClN3O4/c1-2-39-28-16-20(15-24(32)31(28)40-19-21-9-3-6-12-25(21)33)17-34-35-29(37)18-36-26-13-7-4-10-22(26)30(38)23-11-5-8-14-27(23)36/h3-17H,2,18-19H2,1H3,(H,35,37). The van der Waals surface area contributed by atoms with Gasteiger partial charge in [0.1, 0.15) is 13.2 Å². The number of aromatic nitrogens is 1. The molecule has 0 fully saturated rings. The second kappa shape index (κ2) is 12.4. The fourth-order valence-corrected chi connectivity index (χ4v) is 5.20. The largest absolute Gasteiger partial charge is 0.490 e. The predicted octanol–water partition coefficient (Wildman–Crippen LogP) is 6.70. The molecule has 1 aromatic heterocycles. The van der Waals surface area contributed by atoms with E-state index < -0.39 is 0 Å². The number of amides is 1. The van der Waals surface area contributed by atoms with Gasteiger partial charge in [-0.25, -0.2) is 5.43 Å². The van der Waals surface area contributed by atoms with Crippen LogP contribution in [0.5, 0.6) is 11.5 Å². The molecular formula is C31H25BrClN3O4. The molecular weight excluding hydrogens is 594 g/mol. The number of benzene rings is 4. The van der Waals surface area contributed by atoms with Crippen LogP contribution in [0.2, 0.25) is 5.02 Å². The summed E-state index contributed by atoms with van der Waals surface area (Å²) in [6.45, 7) is 2.59. The molecule has 0 saturated heterocycles. The van der Waals surface area contributed by atoms with Gasteiger partial charge in [-0.3, -0.25) is 9.59 Å². The first-order chi connectivity index (χ1) is 19.5. The molecule has 0 unspecified atom stereocenters. The lowest BCUT2D eigenvalue weighted by Gasteiger charge is -2.15. The maximum atomic E-state index is 12.9. The number of hydrogen-bond donors (Lipinski definition) is 1. The summed E-state index contributed by atoms with van der Waals surface area (Å²) in [4.78, 5) is 25.9. The van der Waals surface area contributed by atoms with Gasteiger partial charge in [-0.05, 0) is 70.9 Å². The first-order valence-electron chi connectivity index (χ1n) is 12.6. The van der Waals surface area contributed by atoms with Crippen molar-refractivity contribution in [1.29, 1.82) is 0 Å². The lowest BCUT2D eigenvalue weighted by atomic mass is 10.1. The molecule has 4 aromatic carbocycles. The van der Waals surface area contributed by atoms with Crippen molar-refractivity contribution in [3.63, 3.8) is 0 Å². The number of rotatable bonds is 9. The van der Waals surface area contributed by atoms with Gasteiger partial charge in [0.05, 0.1) is 28.3 Å². The maximum absolute atomic E-state index is 12.9. The average Bonchev–Trinajstić information content (AvgIpc) is 2.96. The van der Waals surface area contributed by atoms with Crippen LogP contribution in [-0.2, 0) is 17.9 Å². The van der Waals surface area contributed by atoms with E-state index in [0.717, 1.165) is 5.56 Å². The van der Waals surface area contributed by atoms with Crippen LogP contribution < -0.4 is 20.3 Å². The molecule has 1 N–H and O–H groups in total. The van der Waals surface area contributed by atoms with E-state index in [0.29, 0.717) is 55.0 Å². The van der Waals surface area contributed by atoms with E-state index in [2.05, 4.69) is 26.5 Å². The lowest BCUT2D eigenvalue weighted by molar-refractivity contribution is -0.121. The Morgan fingerprint density at radius 1 is 0.975 bits per heavy atom. The first kappa shape index (κ1) is 27.4. The fourth-order valence-electron chi connectivity index (χ4n) is 4.44. The molecule has 9 heteroatoms. The molecule has 0 aliphatic carbocycles. The Labute approximate surface area is 244 Å². The van der Waals surface area contributed by atoms with Crippen LogP contribution in [-0.4, -0.2) is 23.3 Å². The number of carbonyl (C=O) groups excluding carboxylic acids is 1. The van der Waals surface area contributed by atoms with Crippen molar-refractivity contribution >= 4 is 61.5 Å². The predicted molar refractivity (Wildman–Crippen MR) is 163 cm³/mol. The summed E-state index contributed by atoms with van der Waals surface area (Å²) in [7, 11) is 0. The van der Waals surface area contributed by atoms with E-state index in [9.17, 15) is 9.59 Å². The number of nitrogens with zero attached hydrogens (tertiary/aromatic N) is 2. The maximum Gasteiger partial charge on any atom is 0.260 e.